The molecule has 0 aliphatic heterocycles. The van der Waals surface area contributed by atoms with Crippen molar-refractivity contribution in [2.75, 3.05) is 5.32 Å². The second kappa shape index (κ2) is 5.54. The maximum absolute atomic E-state index is 12.1. The van der Waals surface area contributed by atoms with Gasteiger partial charge in [-0.2, -0.15) is 0 Å². The molecule has 0 aromatic heterocycles. The van der Waals surface area contributed by atoms with Crippen LogP contribution in [0.5, 0.6) is 5.75 Å². The molecule has 4 N–H and O–H groups in total. The largest absolute Gasteiger partial charge is 0.508 e. The van der Waals surface area contributed by atoms with Crippen molar-refractivity contribution < 1.29 is 9.90 Å². The number of nitrogens with one attached hydrogen (secondary N) is 1. The SMILES string of the molecule is Cc1cc(C(=O)Nc2ccccc2CN)ccc1O. The number of hydrogen-bond donors (Lipinski definition) is 3. The van der Waals surface area contributed by atoms with E-state index < -0.39 is 0 Å². The lowest BCUT2D eigenvalue weighted by Crippen LogP contribution is -2.14. The Morgan fingerprint density at radius 2 is 2.00 bits per heavy atom. The van der Waals surface area contributed by atoms with Crippen molar-refractivity contribution in [1.29, 1.82) is 0 Å². The van der Waals surface area contributed by atoms with Crippen LogP contribution in [0.4, 0.5) is 5.69 Å². The smallest absolute Gasteiger partial charge is 0.255 e. The second-order valence-electron chi connectivity index (χ2n) is 4.32. The molecule has 0 unspecified atom stereocenters. The highest BCUT2D eigenvalue weighted by atomic mass is 16.3. The molecule has 0 saturated heterocycles. The lowest BCUT2D eigenvalue weighted by molar-refractivity contribution is 0.102. The lowest BCUT2D eigenvalue weighted by atomic mass is 10.1. The molecule has 0 spiro atoms. The first kappa shape index (κ1) is 13.1. The van der Waals surface area contributed by atoms with Crippen LogP contribution in [-0.2, 0) is 6.54 Å². The Kier molecular flexibility index (Phi) is 3.82. The molecule has 0 fully saturated rings. The number of rotatable bonds is 3. The van der Waals surface area contributed by atoms with Gasteiger partial charge in [-0.1, -0.05) is 18.2 Å². The molecule has 98 valence electrons. The molecule has 2 aromatic rings. The monoisotopic (exact) mass is 256 g/mol. The van der Waals surface area contributed by atoms with Crippen LogP contribution < -0.4 is 11.1 Å². The number of anilines is 1. The number of carbonyl (C=O) groups is 1. The van der Waals surface area contributed by atoms with Crippen molar-refractivity contribution in [3.63, 3.8) is 0 Å². The minimum absolute atomic E-state index is 0.180. The van der Waals surface area contributed by atoms with E-state index >= 15 is 0 Å². The fourth-order valence-electron chi connectivity index (χ4n) is 1.81. The van der Waals surface area contributed by atoms with Crippen LogP contribution in [0.25, 0.3) is 0 Å². The minimum Gasteiger partial charge on any atom is -0.508 e. The third-order valence-corrected chi connectivity index (χ3v) is 2.94. The van der Waals surface area contributed by atoms with Crippen LogP contribution in [0.1, 0.15) is 21.5 Å². The summed E-state index contributed by atoms with van der Waals surface area (Å²) in [5, 5.41) is 12.3. The van der Waals surface area contributed by atoms with Gasteiger partial charge in [0.15, 0.2) is 0 Å². The summed E-state index contributed by atoms with van der Waals surface area (Å²) >= 11 is 0. The highest BCUT2D eigenvalue weighted by Gasteiger charge is 2.09. The lowest BCUT2D eigenvalue weighted by Gasteiger charge is -2.10. The van der Waals surface area contributed by atoms with Crippen LogP contribution >= 0.6 is 0 Å². The van der Waals surface area contributed by atoms with Gasteiger partial charge >= 0.3 is 0 Å². The van der Waals surface area contributed by atoms with E-state index in [-0.39, 0.29) is 11.7 Å². The molecule has 0 aliphatic carbocycles. The molecular weight excluding hydrogens is 240 g/mol. The number of amides is 1. The van der Waals surface area contributed by atoms with E-state index in [1.807, 2.05) is 24.3 Å². The van der Waals surface area contributed by atoms with Gasteiger partial charge in [-0.15, -0.1) is 0 Å². The molecule has 4 nitrogen and oxygen atoms in total. The van der Waals surface area contributed by atoms with Crippen molar-refractivity contribution in [2.24, 2.45) is 5.73 Å². The normalized spacial score (nSPS) is 10.2. The summed E-state index contributed by atoms with van der Waals surface area (Å²) in [4.78, 5) is 12.1. The molecule has 0 aliphatic rings. The number of para-hydroxylation sites is 1. The molecule has 19 heavy (non-hydrogen) atoms. The summed E-state index contributed by atoms with van der Waals surface area (Å²) < 4.78 is 0. The van der Waals surface area contributed by atoms with E-state index in [1.165, 1.54) is 6.07 Å². The number of carbonyl (C=O) groups excluding carboxylic acids is 1. The zero-order valence-electron chi connectivity index (χ0n) is 10.7. The van der Waals surface area contributed by atoms with Gasteiger partial charge in [-0.25, -0.2) is 0 Å². The average Bonchev–Trinajstić information content (AvgIpc) is 2.42. The van der Waals surface area contributed by atoms with Gasteiger partial charge in [0.1, 0.15) is 5.75 Å². The Morgan fingerprint density at radius 1 is 1.26 bits per heavy atom. The van der Waals surface area contributed by atoms with Gasteiger partial charge in [0.05, 0.1) is 0 Å². The Balaban J connectivity index is 2.23. The molecule has 1 amide bonds. The van der Waals surface area contributed by atoms with Crippen molar-refractivity contribution in [3.8, 4) is 5.75 Å². The quantitative estimate of drug-likeness (QED) is 0.789. The Hall–Kier alpha value is -2.33. The number of hydrogen-bond acceptors (Lipinski definition) is 3. The third-order valence-electron chi connectivity index (χ3n) is 2.94. The Labute approximate surface area is 111 Å². The zero-order chi connectivity index (χ0) is 13.8. The minimum atomic E-state index is -0.219. The van der Waals surface area contributed by atoms with Gasteiger partial charge in [0.2, 0.25) is 0 Å². The van der Waals surface area contributed by atoms with Crippen LogP contribution in [0, 0.1) is 6.92 Å². The van der Waals surface area contributed by atoms with E-state index in [1.54, 1.807) is 19.1 Å². The van der Waals surface area contributed by atoms with Gasteiger partial charge < -0.3 is 16.2 Å². The van der Waals surface area contributed by atoms with E-state index in [0.717, 1.165) is 5.56 Å². The van der Waals surface area contributed by atoms with Crippen molar-refractivity contribution in [2.45, 2.75) is 13.5 Å². The molecule has 4 heteroatoms. The topological polar surface area (TPSA) is 75.4 Å². The molecule has 0 atom stereocenters. The number of aromatic hydroxyl groups is 1. The molecule has 2 rings (SSSR count). The second-order valence-corrected chi connectivity index (χ2v) is 4.32. The first-order valence-corrected chi connectivity index (χ1v) is 6.00. The maximum Gasteiger partial charge on any atom is 0.255 e. The van der Waals surface area contributed by atoms with Crippen molar-refractivity contribution >= 4 is 11.6 Å². The molecule has 0 saturated carbocycles. The summed E-state index contributed by atoms with van der Waals surface area (Å²) in [5.41, 5.74) is 8.38. The zero-order valence-corrected chi connectivity index (χ0v) is 10.7. The van der Waals surface area contributed by atoms with Crippen LogP contribution in [0.15, 0.2) is 42.5 Å². The first-order valence-electron chi connectivity index (χ1n) is 6.00. The van der Waals surface area contributed by atoms with Gasteiger partial charge in [-0.05, 0) is 42.3 Å². The fourth-order valence-corrected chi connectivity index (χ4v) is 1.81. The van der Waals surface area contributed by atoms with Gasteiger partial charge in [-0.3, -0.25) is 4.79 Å². The predicted molar refractivity (Wildman–Crippen MR) is 75.1 cm³/mol. The van der Waals surface area contributed by atoms with Crippen molar-refractivity contribution in [3.05, 3.63) is 59.2 Å². The standard InChI is InChI=1S/C15H16N2O2/c1-10-8-11(6-7-14(10)18)15(19)17-13-5-3-2-4-12(13)9-16/h2-8,18H,9,16H2,1H3,(H,17,19). The van der Waals surface area contributed by atoms with E-state index in [9.17, 15) is 9.90 Å². The van der Waals surface area contributed by atoms with E-state index in [4.69, 9.17) is 5.73 Å². The van der Waals surface area contributed by atoms with E-state index in [2.05, 4.69) is 5.32 Å². The van der Waals surface area contributed by atoms with Crippen LogP contribution in [0.2, 0.25) is 0 Å². The summed E-state index contributed by atoms with van der Waals surface area (Å²) in [6.45, 7) is 2.12. The van der Waals surface area contributed by atoms with E-state index in [0.29, 0.717) is 23.4 Å². The van der Waals surface area contributed by atoms with Crippen LogP contribution in [-0.4, -0.2) is 11.0 Å². The Bertz CT molecular complexity index is 609. The maximum atomic E-state index is 12.1. The Morgan fingerprint density at radius 3 is 2.68 bits per heavy atom. The number of phenolic OH excluding ortho intramolecular Hbond substituents is 1. The number of benzene rings is 2. The molecular formula is C15H16N2O2. The van der Waals surface area contributed by atoms with Crippen molar-refractivity contribution in [1.82, 2.24) is 0 Å². The first-order chi connectivity index (χ1) is 9.11. The summed E-state index contributed by atoms with van der Waals surface area (Å²) in [6.07, 6.45) is 0. The highest BCUT2D eigenvalue weighted by molar-refractivity contribution is 6.04. The molecule has 2 aromatic carbocycles. The summed E-state index contributed by atoms with van der Waals surface area (Å²) in [5.74, 6) is -0.0390. The third kappa shape index (κ3) is 2.92. The van der Waals surface area contributed by atoms with Gasteiger partial charge in [0.25, 0.3) is 5.91 Å². The van der Waals surface area contributed by atoms with Gasteiger partial charge in [0, 0.05) is 17.8 Å². The number of nitrogens with two attached hydrogens (primary N) is 1. The highest BCUT2D eigenvalue weighted by Crippen LogP contribution is 2.19. The number of phenols is 1. The number of aryl methyl sites for hydroxylation is 1. The summed E-state index contributed by atoms with van der Waals surface area (Å²) in [7, 11) is 0. The predicted octanol–water partition coefficient (Wildman–Crippen LogP) is 2.41. The molecule has 0 radical (unpaired) electrons. The molecule has 0 bridgehead atoms. The van der Waals surface area contributed by atoms with Crippen LogP contribution in [0.3, 0.4) is 0 Å². The fraction of sp³-hybridized carbons (Fsp3) is 0.133. The average molecular weight is 256 g/mol. The molecule has 0 heterocycles. The summed E-state index contributed by atoms with van der Waals surface area (Å²) in [6, 6.07) is 12.2.